The van der Waals surface area contributed by atoms with Crippen LogP contribution in [0.2, 0.25) is 0 Å². The first-order valence-electron chi connectivity index (χ1n) is 8.52. The average Bonchev–Trinajstić information content (AvgIpc) is 2.72. The van der Waals surface area contributed by atoms with E-state index in [0.717, 1.165) is 30.2 Å². The summed E-state index contributed by atoms with van der Waals surface area (Å²) in [5.41, 5.74) is 2.31. The lowest BCUT2D eigenvalue weighted by atomic mass is 10.2. The second-order valence-corrected chi connectivity index (χ2v) is 5.86. The molecule has 1 aliphatic heterocycles. The monoisotopic (exact) mass is 352 g/mol. The van der Waals surface area contributed by atoms with E-state index in [1.807, 2.05) is 24.3 Å². The Labute approximate surface area is 151 Å². The van der Waals surface area contributed by atoms with Crippen LogP contribution >= 0.6 is 0 Å². The van der Waals surface area contributed by atoms with Gasteiger partial charge >= 0.3 is 0 Å². The number of para-hydroxylation sites is 1. The highest BCUT2D eigenvalue weighted by molar-refractivity contribution is 5.83. The predicted octanol–water partition coefficient (Wildman–Crippen LogP) is 1.88. The lowest BCUT2D eigenvalue weighted by molar-refractivity contribution is 0.122. The Morgan fingerprint density at radius 3 is 2.77 bits per heavy atom. The summed E-state index contributed by atoms with van der Waals surface area (Å²) in [6, 6.07) is 7.87. The van der Waals surface area contributed by atoms with Gasteiger partial charge in [0.1, 0.15) is 5.75 Å². The van der Waals surface area contributed by atoms with E-state index in [-0.39, 0.29) is 0 Å². The molecular weight excluding hydrogens is 332 g/mol. The molecule has 0 bridgehead atoms. The maximum atomic E-state index is 5.44. The van der Waals surface area contributed by atoms with E-state index in [9.17, 15) is 0 Å². The molecule has 1 fully saturated rings. The molecule has 0 atom stereocenters. The molecule has 3 heterocycles. The first kappa shape index (κ1) is 16.5. The summed E-state index contributed by atoms with van der Waals surface area (Å²) in [5.74, 6) is 2.13. The van der Waals surface area contributed by atoms with Gasteiger partial charge in [0.05, 0.1) is 20.3 Å². The summed E-state index contributed by atoms with van der Waals surface area (Å²) in [6.07, 6.45) is 3.31. The zero-order valence-electron chi connectivity index (χ0n) is 14.6. The van der Waals surface area contributed by atoms with Crippen molar-refractivity contribution in [3.8, 4) is 5.75 Å². The predicted molar refractivity (Wildman–Crippen MR) is 98.5 cm³/mol. The highest BCUT2D eigenvalue weighted by Crippen LogP contribution is 2.24. The van der Waals surface area contributed by atoms with Crippen LogP contribution in [0.5, 0.6) is 5.75 Å². The fourth-order valence-corrected chi connectivity index (χ4v) is 2.95. The third-order valence-corrected chi connectivity index (χ3v) is 4.25. The Morgan fingerprint density at radius 2 is 1.92 bits per heavy atom. The Bertz CT molecular complexity index is 898. The van der Waals surface area contributed by atoms with E-state index < -0.39 is 0 Å². The van der Waals surface area contributed by atoms with Crippen molar-refractivity contribution in [2.45, 2.75) is 6.54 Å². The normalized spacial score (nSPS) is 14.4. The highest BCUT2D eigenvalue weighted by Gasteiger charge is 2.18. The Hall–Kier alpha value is -3.00. The van der Waals surface area contributed by atoms with Crippen molar-refractivity contribution in [1.29, 1.82) is 0 Å². The maximum absolute atomic E-state index is 5.44. The molecule has 3 aromatic rings. The minimum absolute atomic E-state index is 0.519. The second kappa shape index (κ2) is 7.49. The van der Waals surface area contributed by atoms with Gasteiger partial charge in [-0.25, -0.2) is 9.97 Å². The third-order valence-electron chi connectivity index (χ3n) is 4.25. The lowest BCUT2D eigenvalue weighted by Crippen LogP contribution is -2.37. The summed E-state index contributed by atoms with van der Waals surface area (Å²) in [4.78, 5) is 20.1. The molecule has 0 spiro atoms. The molecule has 1 saturated heterocycles. The Kier molecular flexibility index (Phi) is 4.74. The Morgan fingerprint density at radius 1 is 1.12 bits per heavy atom. The number of methoxy groups -OCH3 is 1. The molecule has 0 unspecified atom stereocenters. The van der Waals surface area contributed by atoms with Crippen LogP contribution in [-0.2, 0) is 11.3 Å². The van der Waals surface area contributed by atoms with Crippen molar-refractivity contribution in [1.82, 2.24) is 19.9 Å². The van der Waals surface area contributed by atoms with Gasteiger partial charge < -0.3 is 19.7 Å². The SMILES string of the molecule is COc1ccccc1CNc1nc(N2CCOCC2)c2nccnc2n1. The van der Waals surface area contributed by atoms with Crippen molar-refractivity contribution in [3.05, 3.63) is 42.2 Å². The Balaban J connectivity index is 1.64. The first-order chi connectivity index (χ1) is 12.8. The molecule has 4 rings (SSSR count). The number of nitrogens with one attached hydrogen (secondary N) is 1. The number of ether oxygens (including phenoxy) is 2. The van der Waals surface area contributed by atoms with Crippen molar-refractivity contribution in [2.24, 2.45) is 0 Å². The average molecular weight is 352 g/mol. The second-order valence-electron chi connectivity index (χ2n) is 5.86. The summed E-state index contributed by atoms with van der Waals surface area (Å²) >= 11 is 0. The number of rotatable bonds is 5. The molecule has 8 heteroatoms. The summed E-state index contributed by atoms with van der Waals surface area (Å²) in [6.45, 7) is 3.45. The molecule has 0 aliphatic carbocycles. The number of fused-ring (bicyclic) bond motifs is 1. The lowest BCUT2D eigenvalue weighted by Gasteiger charge is -2.28. The fraction of sp³-hybridized carbons (Fsp3) is 0.333. The zero-order valence-corrected chi connectivity index (χ0v) is 14.6. The van der Waals surface area contributed by atoms with Crippen LogP contribution in [0.15, 0.2) is 36.7 Å². The smallest absolute Gasteiger partial charge is 0.227 e. The number of anilines is 2. The van der Waals surface area contributed by atoms with Crippen molar-refractivity contribution < 1.29 is 9.47 Å². The van der Waals surface area contributed by atoms with Crippen LogP contribution < -0.4 is 15.0 Å². The quantitative estimate of drug-likeness (QED) is 0.745. The number of hydrogen-bond donors (Lipinski definition) is 1. The molecule has 1 aliphatic rings. The molecular formula is C18H20N6O2. The highest BCUT2D eigenvalue weighted by atomic mass is 16.5. The minimum atomic E-state index is 0.519. The van der Waals surface area contributed by atoms with Gasteiger partial charge in [0.2, 0.25) is 5.95 Å². The summed E-state index contributed by atoms with van der Waals surface area (Å²) in [7, 11) is 1.66. The number of morpholine rings is 1. The van der Waals surface area contributed by atoms with E-state index in [4.69, 9.17) is 14.5 Å². The van der Waals surface area contributed by atoms with Gasteiger partial charge in [-0.05, 0) is 6.07 Å². The number of nitrogens with zero attached hydrogens (tertiary/aromatic N) is 5. The minimum Gasteiger partial charge on any atom is -0.496 e. The van der Waals surface area contributed by atoms with Crippen LogP contribution in [0.1, 0.15) is 5.56 Å². The molecule has 0 saturated carbocycles. The number of hydrogen-bond acceptors (Lipinski definition) is 8. The molecule has 1 N–H and O–H groups in total. The molecule has 134 valence electrons. The third kappa shape index (κ3) is 3.36. The van der Waals surface area contributed by atoms with Crippen LogP contribution in [0.3, 0.4) is 0 Å². The van der Waals surface area contributed by atoms with E-state index in [0.29, 0.717) is 36.9 Å². The molecule has 26 heavy (non-hydrogen) atoms. The van der Waals surface area contributed by atoms with E-state index >= 15 is 0 Å². The van der Waals surface area contributed by atoms with Crippen LogP contribution in [0.4, 0.5) is 11.8 Å². The number of aromatic nitrogens is 4. The van der Waals surface area contributed by atoms with Crippen molar-refractivity contribution in [2.75, 3.05) is 43.6 Å². The van der Waals surface area contributed by atoms with E-state index in [1.165, 1.54) is 0 Å². The first-order valence-corrected chi connectivity index (χ1v) is 8.52. The molecule has 0 amide bonds. The van der Waals surface area contributed by atoms with E-state index in [2.05, 4.69) is 25.2 Å². The molecule has 1 aromatic carbocycles. The molecule has 8 nitrogen and oxygen atoms in total. The number of benzene rings is 1. The maximum Gasteiger partial charge on any atom is 0.227 e. The van der Waals surface area contributed by atoms with Crippen molar-refractivity contribution >= 4 is 22.9 Å². The van der Waals surface area contributed by atoms with Crippen LogP contribution in [-0.4, -0.2) is 53.3 Å². The van der Waals surface area contributed by atoms with Gasteiger partial charge in [-0.1, -0.05) is 18.2 Å². The van der Waals surface area contributed by atoms with Crippen LogP contribution in [0.25, 0.3) is 11.2 Å². The standard InChI is InChI=1S/C18H20N6O2/c1-25-14-5-3-2-4-13(14)12-21-18-22-16-15(19-6-7-20-16)17(23-18)24-8-10-26-11-9-24/h2-7H,8-12H2,1H3,(H,20,21,22,23). The summed E-state index contributed by atoms with van der Waals surface area (Å²) in [5, 5.41) is 3.28. The van der Waals surface area contributed by atoms with Gasteiger partial charge in [0.25, 0.3) is 0 Å². The van der Waals surface area contributed by atoms with Gasteiger partial charge in [0, 0.05) is 37.6 Å². The zero-order chi connectivity index (χ0) is 17.8. The van der Waals surface area contributed by atoms with Crippen molar-refractivity contribution in [3.63, 3.8) is 0 Å². The fourth-order valence-electron chi connectivity index (χ4n) is 2.95. The van der Waals surface area contributed by atoms with Gasteiger partial charge in [-0.3, -0.25) is 0 Å². The van der Waals surface area contributed by atoms with Crippen LogP contribution in [0, 0.1) is 0 Å². The van der Waals surface area contributed by atoms with Gasteiger partial charge in [-0.2, -0.15) is 9.97 Å². The van der Waals surface area contributed by atoms with Gasteiger partial charge in [-0.15, -0.1) is 0 Å². The molecule has 2 aromatic heterocycles. The van der Waals surface area contributed by atoms with Gasteiger partial charge in [0.15, 0.2) is 17.0 Å². The van der Waals surface area contributed by atoms with E-state index in [1.54, 1.807) is 19.5 Å². The topological polar surface area (TPSA) is 85.3 Å². The summed E-state index contributed by atoms with van der Waals surface area (Å²) < 4.78 is 10.8. The largest absolute Gasteiger partial charge is 0.496 e. The molecule has 0 radical (unpaired) electrons.